The number of thiazole rings is 1. The molecule has 3 aromatic rings. The average Bonchev–Trinajstić information content (AvgIpc) is 3.50. The molecule has 0 spiro atoms. The van der Waals surface area contributed by atoms with Gasteiger partial charge in [0.2, 0.25) is 5.91 Å². The maximum Gasteiger partial charge on any atom is 0.263 e. The van der Waals surface area contributed by atoms with Crippen LogP contribution in [0.2, 0.25) is 0 Å². The molecule has 2 aliphatic rings. The predicted molar refractivity (Wildman–Crippen MR) is 130 cm³/mol. The minimum absolute atomic E-state index is 0.0252. The summed E-state index contributed by atoms with van der Waals surface area (Å²) >= 11 is 1.19. The highest BCUT2D eigenvalue weighted by atomic mass is 32.2. The molecule has 184 valence electrons. The lowest BCUT2D eigenvalue weighted by Gasteiger charge is -2.38. The Morgan fingerprint density at radius 1 is 0.943 bits per heavy atom. The van der Waals surface area contributed by atoms with E-state index in [2.05, 4.69) is 14.6 Å². The maximum absolute atomic E-state index is 13.6. The molecule has 2 saturated heterocycles. The van der Waals surface area contributed by atoms with Crippen LogP contribution in [0.3, 0.4) is 0 Å². The largest absolute Gasteiger partial charge is 0.369 e. The zero-order valence-electron chi connectivity index (χ0n) is 18.6. The molecule has 3 heterocycles. The number of carbonyl (C=O) groups is 1. The van der Waals surface area contributed by atoms with E-state index in [-0.39, 0.29) is 22.0 Å². The molecule has 35 heavy (non-hydrogen) atoms. The molecule has 1 aromatic heterocycles. The molecule has 12 heteroatoms. The number of rotatable bonds is 6. The fourth-order valence-electron chi connectivity index (χ4n) is 4.49. The zero-order chi connectivity index (χ0) is 24.6. The van der Waals surface area contributed by atoms with Crippen LogP contribution in [-0.2, 0) is 14.8 Å². The molecule has 2 aromatic carbocycles. The van der Waals surface area contributed by atoms with Crippen LogP contribution in [-0.4, -0.2) is 63.0 Å². The topological polar surface area (TPSA) is 85.9 Å². The second kappa shape index (κ2) is 9.51. The van der Waals surface area contributed by atoms with Gasteiger partial charge in [0.05, 0.1) is 10.9 Å². The molecule has 1 amide bonds. The van der Waals surface area contributed by atoms with E-state index in [9.17, 15) is 22.0 Å². The van der Waals surface area contributed by atoms with Gasteiger partial charge in [-0.3, -0.25) is 14.4 Å². The van der Waals surface area contributed by atoms with E-state index in [0.29, 0.717) is 50.5 Å². The molecule has 2 fully saturated rings. The molecular formula is C23H23F2N5O3S2. The van der Waals surface area contributed by atoms with E-state index in [0.717, 1.165) is 6.07 Å². The van der Waals surface area contributed by atoms with Gasteiger partial charge in [-0.2, -0.15) is 0 Å². The predicted octanol–water partition coefficient (Wildman–Crippen LogP) is 3.15. The third-order valence-electron chi connectivity index (χ3n) is 6.31. The number of amides is 1. The fourth-order valence-corrected chi connectivity index (χ4v) is 6.28. The second-order valence-electron chi connectivity index (χ2n) is 8.35. The van der Waals surface area contributed by atoms with Gasteiger partial charge in [0, 0.05) is 61.7 Å². The Kier molecular flexibility index (Phi) is 6.43. The van der Waals surface area contributed by atoms with E-state index in [1.165, 1.54) is 35.7 Å². The molecule has 2 aliphatic heterocycles. The SMILES string of the molecule is O=C1[C@@H](N2CCN(c3ccc(F)c(F)c3)CC2)CCN1c1ccc(S(=O)(=O)Nc2nccs2)cc1. The first-order chi connectivity index (χ1) is 16.8. The summed E-state index contributed by atoms with van der Waals surface area (Å²) in [6.07, 6.45) is 2.18. The summed E-state index contributed by atoms with van der Waals surface area (Å²) < 4.78 is 54.3. The molecule has 1 N–H and O–H groups in total. The van der Waals surface area contributed by atoms with Crippen LogP contribution in [0.25, 0.3) is 0 Å². The van der Waals surface area contributed by atoms with Gasteiger partial charge in [-0.15, -0.1) is 11.3 Å². The van der Waals surface area contributed by atoms with Crippen molar-refractivity contribution in [3.63, 3.8) is 0 Å². The smallest absolute Gasteiger partial charge is 0.263 e. The molecule has 0 aliphatic carbocycles. The lowest BCUT2D eigenvalue weighted by Crippen LogP contribution is -2.52. The highest BCUT2D eigenvalue weighted by Gasteiger charge is 2.38. The van der Waals surface area contributed by atoms with Gasteiger partial charge < -0.3 is 9.80 Å². The van der Waals surface area contributed by atoms with Crippen molar-refractivity contribution in [1.82, 2.24) is 9.88 Å². The van der Waals surface area contributed by atoms with Crippen LogP contribution in [0.4, 0.5) is 25.3 Å². The van der Waals surface area contributed by atoms with Gasteiger partial charge in [-0.05, 0) is 42.8 Å². The number of piperazine rings is 1. The lowest BCUT2D eigenvalue weighted by atomic mass is 10.1. The number of sulfonamides is 1. The van der Waals surface area contributed by atoms with E-state index in [1.807, 2.05) is 4.90 Å². The Bertz CT molecular complexity index is 1310. The fraction of sp³-hybridized carbons (Fsp3) is 0.304. The summed E-state index contributed by atoms with van der Waals surface area (Å²) in [7, 11) is -3.76. The van der Waals surface area contributed by atoms with Gasteiger partial charge in [0.1, 0.15) is 0 Å². The Labute approximate surface area is 205 Å². The minimum Gasteiger partial charge on any atom is -0.369 e. The van der Waals surface area contributed by atoms with Crippen molar-refractivity contribution in [3.05, 3.63) is 65.7 Å². The Balaban J connectivity index is 1.21. The van der Waals surface area contributed by atoms with Gasteiger partial charge in [0.15, 0.2) is 16.8 Å². The highest BCUT2D eigenvalue weighted by Crippen LogP contribution is 2.28. The van der Waals surface area contributed by atoms with Crippen LogP contribution in [0.1, 0.15) is 6.42 Å². The monoisotopic (exact) mass is 519 g/mol. The number of benzene rings is 2. The molecular weight excluding hydrogens is 496 g/mol. The van der Waals surface area contributed by atoms with E-state index in [4.69, 9.17) is 0 Å². The van der Waals surface area contributed by atoms with E-state index >= 15 is 0 Å². The van der Waals surface area contributed by atoms with Crippen LogP contribution in [0.5, 0.6) is 0 Å². The third-order valence-corrected chi connectivity index (χ3v) is 8.49. The van der Waals surface area contributed by atoms with Crippen LogP contribution in [0, 0.1) is 11.6 Å². The number of halogens is 2. The Morgan fingerprint density at radius 3 is 2.31 bits per heavy atom. The number of anilines is 3. The van der Waals surface area contributed by atoms with Gasteiger partial charge in [-0.25, -0.2) is 22.2 Å². The lowest BCUT2D eigenvalue weighted by molar-refractivity contribution is -0.121. The molecule has 0 saturated carbocycles. The molecule has 0 radical (unpaired) electrons. The number of carbonyl (C=O) groups excluding carboxylic acids is 1. The van der Waals surface area contributed by atoms with Crippen molar-refractivity contribution in [2.75, 3.05) is 47.2 Å². The molecule has 1 atom stereocenters. The van der Waals surface area contributed by atoms with Crippen molar-refractivity contribution in [2.45, 2.75) is 17.4 Å². The first kappa shape index (κ1) is 23.6. The highest BCUT2D eigenvalue weighted by molar-refractivity contribution is 7.93. The first-order valence-corrected chi connectivity index (χ1v) is 13.5. The number of nitrogens with one attached hydrogen (secondary N) is 1. The quantitative estimate of drug-likeness (QED) is 0.539. The first-order valence-electron chi connectivity index (χ1n) is 11.1. The summed E-state index contributed by atoms with van der Waals surface area (Å²) in [5, 5.41) is 1.97. The number of aromatic nitrogens is 1. The summed E-state index contributed by atoms with van der Waals surface area (Å²) in [5.74, 6) is -1.77. The van der Waals surface area contributed by atoms with Gasteiger partial charge in [-0.1, -0.05) is 0 Å². The third kappa shape index (κ3) is 4.86. The van der Waals surface area contributed by atoms with E-state index in [1.54, 1.807) is 28.5 Å². The van der Waals surface area contributed by atoms with Crippen molar-refractivity contribution in [2.24, 2.45) is 0 Å². The summed E-state index contributed by atoms with van der Waals surface area (Å²) in [5.41, 5.74) is 1.27. The Hall–Kier alpha value is -3.09. The number of hydrogen-bond donors (Lipinski definition) is 1. The van der Waals surface area contributed by atoms with Crippen molar-refractivity contribution < 1.29 is 22.0 Å². The molecule has 0 unspecified atom stereocenters. The maximum atomic E-state index is 13.6. The molecule has 5 rings (SSSR count). The van der Waals surface area contributed by atoms with Crippen molar-refractivity contribution in [1.29, 1.82) is 0 Å². The molecule has 0 bridgehead atoms. The summed E-state index contributed by atoms with van der Waals surface area (Å²) in [4.78, 5) is 23.0. The van der Waals surface area contributed by atoms with Crippen LogP contribution < -0.4 is 14.5 Å². The van der Waals surface area contributed by atoms with Gasteiger partial charge >= 0.3 is 0 Å². The summed E-state index contributed by atoms with van der Waals surface area (Å²) in [6.45, 7) is 3.00. The minimum atomic E-state index is -3.76. The normalized spacial score (nSPS) is 19.4. The second-order valence-corrected chi connectivity index (χ2v) is 10.9. The van der Waals surface area contributed by atoms with Gasteiger partial charge in [0.25, 0.3) is 10.0 Å². The van der Waals surface area contributed by atoms with Crippen LogP contribution >= 0.6 is 11.3 Å². The zero-order valence-corrected chi connectivity index (χ0v) is 20.2. The van der Waals surface area contributed by atoms with E-state index < -0.39 is 21.7 Å². The Morgan fingerprint density at radius 2 is 1.66 bits per heavy atom. The number of nitrogens with zero attached hydrogens (tertiary/aromatic N) is 4. The number of hydrogen-bond acceptors (Lipinski definition) is 7. The summed E-state index contributed by atoms with van der Waals surface area (Å²) in [6, 6.07) is 9.85. The van der Waals surface area contributed by atoms with Crippen LogP contribution in [0.15, 0.2) is 58.9 Å². The standard InChI is InChI=1S/C23H23F2N5O3S2/c24-19-6-3-17(15-20(19)25)28-10-12-29(13-11-28)21-7-9-30(22(21)31)16-1-4-18(5-2-16)35(32,33)27-23-26-8-14-34-23/h1-6,8,14-15,21H,7,9-13H2,(H,26,27)/t21-/m0/s1. The van der Waals surface area contributed by atoms with Crippen molar-refractivity contribution >= 4 is 43.8 Å². The average molecular weight is 520 g/mol. The van der Waals surface area contributed by atoms with Crippen molar-refractivity contribution in [3.8, 4) is 0 Å². The molecule has 8 nitrogen and oxygen atoms in total.